The summed E-state index contributed by atoms with van der Waals surface area (Å²) in [5, 5.41) is 12.4. The second kappa shape index (κ2) is 7.05. The van der Waals surface area contributed by atoms with Crippen molar-refractivity contribution in [1.82, 2.24) is 5.32 Å². The molecule has 1 aromatic rings. The molecule has 0 aliphatic heterocycles. The maximum Gasteiger partial charge on any atom is 0.104 e. The molecule has 0 aromatic heterocycles. The Balaban J connectivity index is 2.48. The average molecular weight is 313 g/mol. The van der Waals surface area contributed by atoms with E-state index in [0.717, 1.165) is 23.2 Å². The molecule has 4 heteroatoms. The van der Waals surface area contributed by atoms with Gasteiger partial charge in [0.25, 0.3) is 0 Å². The number of nitrogens with zero attached hydrogens (tertiary/aromatic N) is 1. The molecule has 0 aliphatic carbocycles. The number of hydrogen-bond donors (Lipinski definition) is 1. The fraction of sp³-hybridized carbons (Fsp3) is 0.462. The molecular formula is C13H17BrN2S. The lowest BCUT2D eigenvalue weighted by Crippen LogP contribution is -2.41. The zero-order valence-electron chi connectivity index (χ0n) is 10.2. The highest BCUT2D eigenvalue weighted by molar-refractivity contribution is 9.10. The molecule has 1 unspecified atom stereocenters. The smallest absolute Gasteiger partial charge is 0.104 e. The zero-order chi connectivity index (χ0) is 12.7. The molecule has 0 fully saturated rings. The van der Waals surface area contributed by atoms with Gasteiger partial charge in [-0.1, -0.05) is 19.1 Å². The number of thioether (sulfide) groups is 1. The van der Waals surface area contributed by atoms with Gasteiger partial charge < -0.3 is 0 Å². The summed E-state index contributed by atoms with van der Waals surface area (Å²) in [6.07, 6.45) is 0.837. The molecule has 92 valence electrons. The van der Waals surface area contributed by atoms with Crippen molar-refractivity contribution in [1.29, 1.82) is 5.26 Å². The number of halogens is 1. The lowest BCUT2D eigenvalue weighted by molar-refractivity contribution is 0.450. The minimum Gasteiger partial charge on any atom is -0.300 e. The van der Waals surface area contributed by atoms with Crippen LogP contribution in [0.1, 0.15) is 20.3 Å². The molecule has 1 rings (SSSR count). The summed E-state index contributed by atoms with van der Waals surface area (Å²) in [5.74, 6) is 0.930. The van der Waals surface area contributed by atoms with Crippen molar-refractivity contribution in [2.45, 2.75) is 30.7 Å². The lowest BCUT2D eigenvalue weighted by Gasteiger charge is -2.22. The Kier molecular flexibility index (Phi) is 6.04. The quantitative estimate of drug-likeness (QED) is 0.811. The van der Waals surface area contributed by atoms with Gasteiger partial charge in [-0.15, -0.1) is 11.8 Å². The molecule has 0 saturated heterocycles. The lowest BCUT2D eigenvalue weighted by atomic mass is 10.0. The molecule has 1 atom stereocenters. The van der Waals surface area contributed by atoms with E-state index in [2.05, 4.69) is 33.4 Å². The monoisotopic (exact) mass is 312 g/mol. The molecule has 17 heavy (non-hydrogen) atoms. The number of nitrogens with one attached hydrogen (secondary N) is 1. The molecule has 0 radical (unpaired) electrons. The normalized spacial score (nSPS) is 14.0. The molecule has 1 aromatic carbocycles. The molecule has 1 N–H and O–H groups in total. The first-order valence-electron chi connectivity index (χ1n) is 5.65. The third-order valence-electron chi connectivity index (χ3n) is 2.51. The van der Waals surface area contributed by atoms with Gasteiger partial charge in [-0.2, -0.15) is 5.26 Å². The topological polar surface area (TPSA) is 35.8 Å². The van der Waals surface area contributed by atoms with Crippen LogP contribution in [0.2, 0.25) is 0 Å². The summed E-state index contributed by atoms with van der Waals surface area (Å²) in [6, 6.07) is 10.5. The molecule has 0 saturated carbocycles. The SMILES string of the molecule is CCNC(C)(C#N)CCSc1ccccc1Br. The van der Waals surface area contributed by atoms with Crippen LogP contribution in [0.4, 0.5) is 0 Å². The van der Waals surface area contributed by atoms with E-state index in [0.29, 0.717) is 0 Å². The highest BCUT2D eigenvalue weighted by Crippen LogP contribution is 2.28. The van der Waals surface area contributed by atoms with Gasteiger partial charge in [-0.25, -0.2) is 0 Å². The van der Waals surface area contributed by atoms with Crippen LogP contribution >= 0.6 is 27.7 Å². The summed E-state index contributed by atoms with van der Waals surface area (Å²) in [4.78, 5) is 1.23. The molecule has 0 bridgehead atoms. The van der Waals surface area contributed by atoms with E-state index in [1.54, 1.807) is 11.8 Å². The van der Waals surface area contributed by atoms with Gasteiger partial charge in [0.1, 0.15) is 5.54 Å². The number of rotatable bonds is 6. The predicted molar refractivity (Wildman–Crippen MR) is 77.2 cm³/mol. The predicted octanol–water partition coefficient (Wildman–Crippen LogP) is 3.82. The van der Waals surface area contributed by atoms with Crippen molar-refractivity contribution in [2.24, 2.45) is 0 Å². The van der Waals surface area contributed by atoms with Crippen LogP contribution in [0, 0.1) is 11.3 Å². The van der Waals surface area contributed by atoms with Crippen LogP contribution in [0.3, 0.4) is 0 Å². The first-order valence-corrected chi connectivity index (χ1v) is 7.43. The van der Waals surface area contributed by atoms with E-state index in [-0.39, 0.29) is 0 Å². The summed E-state index contributed by atoms with van der Waals surface area (Å²) >= 11 is 5.30. The van der Waals surface area contributed by atoms with Gasteiger partial charge in [0.2, 0.25) is 0 Å². The van der Waals surface area contributed by atoms with Crippen molar-refractivity contribution in [3.63, 3.8) is 0 Å². The van der Waals surface area contributed by atoms with Crippen LogP contribution in [0.25, 0.3) is 0 Å². The van der Waals surface area contributed by atoms with Crippen molar-refractivity contribution in [3.05, 3.63) is 28.7 Å². The maximum atomic E-state index is 9.14. The zero-order valence-corrected chi connectivity index (χ0v) is 12.6. The third kappa shape index (κ3) is 4.71. The second-order valence-electron chi connectivity index (χ2n) is 4.00. The number of nitriles is 1. The highest BCUT2D eigenvalue weighted by atomic mass is 79.9. The second-order valence-corrected chi connectivity index (χ2v) is 5.99. The summed E-state index contributed by atoms with van der Waals surface area (Å²) in [6.45, 7) is 4.80. The van der Waals surface area contributed by atoms with E-state index < -0.39 is 5.54 Å². The van der Waals surface area contributed by atoms with Crippen molar-refractivity contribution >= 4 is 27.7 Å². The fourth-order valence-electron chi connectivity index (χ4n) is 1.50. The minimum absolute atomic E-state index is 0.414. The standard InChI is InChI=1S/C13H17BrN2S/c1-3-16-13(2,10-15)8-9-17-12-7-5-4-6-11(12)14/h4-7,16H,3,8-9H2,1-2H3. The van der Waals surface area contributed by atoms with Gasteiger partial charge in [-0.05, 0) is 48.0 Å². The van der Waals surface area contributed by atoms with Crippen LogP contribution in [-0.2, 0) is 0 Å². The summed E-state index contributed by atoms with van der Waals surface area (Å²) in [7, 11) is 0. The van der Waals surface area contributed by atoms with Crippen LogP contribution in [0.15, 0.2) is 33.6 Å². The van der Waals surface area contributed by atoms with Gasteiger partial charge in [-0.3, -0.25) is 5.32 Å². The summed E-state index contributed by atoms with van der Waals surface area (Å²) in [5.41, 5.74) is -0.414. The Morgan fingerprint density at radius 2 is 2.18 bits per heavy atom. The van der Waals surface area contributed by atoms with Gasteiger partial charge in [0.05, 0.1) is 6.07 Å². The average Bonchev–Trinajstić information content (AvgIpc) is 2.32. The molecule has 0 amide bonds. The molecule has 0 heterocycles. The van der Waals surface area contributed by atoms with E-state index in [9.17, 15) is 0 Å². The Morgan fingerprint density at radius 1 is 1.47 bits per heavy atom. The maximum absolute atomic E-state index is 9.14. The Labute approximate surface area is 116 Å². The number of benzene rings is 1. The molecule has 0 aliphatic rings. The van der Waals surface area contributed by atoms with Crippen molar-refractivity contribution < 1.29 is 0 Å². The van der Waals surface area contributed by atoms with Crippen LogP contribution in [-0.4, -0.2) is 17.8 Å². The first kappa shape index (κ1) is 14.6. The minimum atomic E-state index is -0.414. The van der Waals surface area contributed by atoms with E-state index in [1.165, 1.54) is 4.90 Å². The van der Waals surface area contributed by atoms with Gasteiger partial charge in [0, 0.05) is 15.1 Å². The third-order valence-corrected chi connectivity index (χ3v) is 4.54. The molecule has 2 nitrogen and oxygen atoms in total. The number of hydrogen-bond acceptors (Lipinski definition) is 3. The highest BCUT2D eigenvalue weighted by Gasteiger charge is 2.21. The van der Waals surface area contributed by atoms with E-state index in [4.69, 9.17) is 5.26 Å². The Bertz CT molecular complexity index is 403. The van der Waals surface area contributed by atoms with Crippen molar-refractivity contribution in [2.75, 3.05) is 12.3 Å². The first-order chi connectivity index (χ1) is 8.11. The van der Waals surface area contributed by atoms with E-state index >= 15 is 0 Å². The Morgan fingerprint density at radius 3 is 2.76 bits per heavy atom. The largest absolute Gasteiger partial charge is 0.300 e. The van der Waals surface area contributed by atoms with Crippen LogP contribution in [0.5, 0.6) is 0 Å². The van der Waals surface area contributed by atoms with Gasteiger partial charge >= 0.3 is 0 Å². The molecular weight excluding hydrogens is 296 g/mol. The fourth-order valence-corrected chi connectivity index (χ4v) is 3.24. The van der Waals surface area contributed by atoms with Gasteiger partial charge in [0.15, 0.2) is 0 Å². The van der Waals surface area contributed by atoms with Crippen molar-refractivity contribution in [3.8, 4) is 6.07 Å². The van der Waals surface area contributed by atoms with E-state index in [1.807, 2.05) is 32.0 Å². The Hall–Kier alpha value is -0.500. The van der Waals surface area contributed by atoms with Crippen LogP contribution < -0.4 is 5.32 Å². The molecule has 0 spiro atoms. The summed E-state index contributed by atoms with van der Waals surface area (Å²) < 4.78 is 1.12.